The van der Waals surface area contributed by atoms with E-state index in [1.54, 1.807) is 11.8 Å². The molecule has 0 radical (unpaired) electrons. The van der Waals surface area contributed by atoms with Crippen LogP contribution < -0.4 is 10.6 Å². The number of urea groups is 1. The molecule has 1 aromatic carbocycles. The van der Waals surface area contributed by atoms with Crippen LogP contribution in [0.3, 0.4) is 0 Å². The van der Waals surface area contributed by atoms with Crippen molar-refractivity contribution in [1.29, 1.82) is 0 Å². The van der Waals surface area contributed by atoms with Gasteiger partial charge >= 0.3 is 6.03 Å². The lowest BCUT2D eigenvalue weighted by Gasteiger charge is -2.33. The third kappa shape index (κ3) is 6.45. The Hall–Kier alpha value is -0.620. The predicted molar refractivity (Wildman–Crippen MR) is 116 cm³/mol. The van der Waals surface area contributed by atoms with Crippen LogP contribution in [0.15, 0.2) is 29.2 Å². The summed E-state index contributed by atoms with van der Waals surface area (Å²) in [5.41, 5.74) is 0.840. The summed E-state index contributed by atoms with van der Waals surface area (Å²) in [6.45, 7) is 7.73. The lowest BCUT2D eigenvalue weighted by molar-refractivity contribution is 0.180. The first kappa shape index (κ1) is 21.1. The summed E-state index contributed by atoms with van der Waals surface area (Å²) >= 11 is 13.9. The molecule has 7 heteroatoms. The molecular formula is C20H29Cl2N3OS. The lowest BCUT2D eigenvalue weighted by Crippen LogP contribution is -2.46. The van der Waals surface area contributed by atoms with E-state index < -0.39 is 4.33 Å². The van der Waals surface area contributed by atoms with Crippen molar-refractivity contribution < 1.29 is 4.79 Å². The third-order valence-electron chi connectivity index (χ3n) is 5.08. The maximum atomic E-state index is 12.5. The normalized spacial score (nSPS) is 22.6. The number of carbonyl (C=O) groups is 1. The molecule has 1 aliphatic carbocycles. The second-order valence-corrected chi connectivity index (χ2v) is 10.6. The van der Waals surface area contributed by atoms with Gasteiger partial charge in [-0.3, -0.25) is 0 Å². The molecule has 0 aromatic heterocycles. The number of likely N-dealkylation sites (tertiary alicyclic amines) is 1. The molecule has 2 fully saturated rings. The van der Waals surface area contributed by atoms with Crippen molar-refractivity contribution in [3.8, 4) is 0 Å². The van der Waals surface area contributed by atoms with Crippen LogP contribution in [0, 0.1) is 11.8 Å². The van der Waals surface area contributed by atoms with E-state index in [4.69, 9.17) is 23.2 Å². The fraction of sp³-hybridized carbons (Fsp3) is 0.650. The zero-order valence-corrected chi connectivity index (χ0v) is 18.3. The van der Waals surface area contributed by atoms with Crippen LogP contribution in [0.4, 0.5) is 10.5 Å². The van der Waals surface area contributed by atoms with Crippen molar-refractivity contribution in [1.82, 2.24) is 10.2 Å². The van der Waals surface area contributed by atoms with Gasteiger partial charge in [-0.1, -0.05) is 26.0 Å². The van der Waals surface area contributed by atoms with Crippen molar-refractivity contribution in [2.24, 2.45) is 11.8 Å². The minimum absolute atomic E-state index is 0.124. The van der Waals surface area contributed by atoms with Crippen LogP contribution in [0.2, 0.25) is 0 Å². The summed E-state index contributed by atoms with van der Waals surface area (Å²) in [5, 5.41) is 6.15. The molecule has 1 heterocycles. The lowest BCUT2D eigenvalue weighted by atomic mass is 10.0. The molecule has 1 unspecified atom stereocenters. The molecule has 4 nitrogen and oxygen atoms in total. The molecule has 2 N–H and O–H groups in total. The molecule has 150 valence electrons. The van der Waals surface area contributed by atoms with Crippen LogP contribution in [0.1, 0.15) is 33.1 Å². The zero-order valence-electron chi connectivity index (χ0n) is 16.0. The first-order valence-electron chi connectivity index (χ1n) is 9.73. The van der Waals surface area contributed by atoms with E-state index in [0.29, 0.717) is 11.8 Å². The number of para-hydroxylation sites is 1. The highest BCUT2D eigenvalue weighted by Crippen LogP contribution is 2.55. The summed E-state index contributed by atoms with van der Waals surface area (Å²) in [5.74, 6) is 1.87. The molecule has 1 atom stereocenters. The first-order valence-corrected chi connectivity index (χ1v) is 11.5. The Labute approximate surface area is 176 Å². The topological polar surface area (TPSA) is 44.4 Å². The molecule has 0 bridgehead atoms. The second-order valence-electron chi connectivity index (χ2n) is 8.04. The van der Waals surface area contributed by atoms with E-state index in [9.17, 15) is 4.79 Å². The summed E-state index contributed by atoms with van der Waals surface area (Å²) in [7, 11) is 0. The quantitative estimate of drug-likeness (QED) is 0.461. The van der Waals surface area contributed by atoms with Crippen LogP contribution in [0.25, 0.3) is 0 Å². The number of amides is 2. The van der Waals surface area contributed by atoms with Crippen LogP contribution in [-0.4, -0.2) is 46.7 Å². The Bertz CT molecular complexity index is 648. The maximum absolute atomic E-state index is 12.5. The van der Waals surface area contributed by atoms with Crippen molar-refractivity contribution in [3.63, 3.8) is 0 Å². The number of anilines is 1. The Morgan fingerprint density at radius 2 is 1.96 bits per heavy atom. The van der Waals surface area contributed by atoms with Gasteiger partial charge in [0.25, 0.3) is 0 Å². The molecule has 3 rings (SSSR count). The highest BCUT2D eigenvalue weighted by Gasteiger charge is 2.51. The van der Waals surface area contributed by atoms with Gasteiger partial charge in [0.1, 0.15) is 4.33 Å². The van der Waals surface area contributed by atoms with Gasteiger partial charge in [-0.05, 0) is 37.3 Å². The van der Waals surface area contributed by atoms with Crippen LogP contribution in [-0.2, 0) is 0 Å². The summed E-state index contributed by atoms with van der Waals surface area (Å²) in [4.78, 5) is 16.0. The number of thioether (sulfide) groups is 1. The summed E-state index contributed by atoms with van der Waals surface area (Å²) in [6, 6.07) is 8.01. The van der Waals surface area contributed by atoms with Gasteiger partial charge in [0.15, 0.2) is 0 Å². The molecule has 2 amide bonds. The van der Waals surface area contributed by atoms with E-state index in [1.807, 2.05) is 24.3 Å². The third-order valence-corrected chi connectivity index (χ3v) is 7.24. The van der Waals surface area contributed by atoms with Crippen molar-refractivity contribution in [3.05, 3.63) is 24.3 Å². The fourth-order valence-corrected chi connectivity index (χ4v) is 5.40. The van der Waals surface area contributed by atoms with Gasteiger partial charge in [0.2, 0.25) is 0 Å². The number of carbonyl (C=O) groups excluding carboxylic acids is 1. The Balaban J connectivity index is 1.45. The monoisotopic (exact) mass is 429 g/mol. The molecule has 1 saturated carbocycles. The highest BCUT2D eigenvalue weighted by molar-refractivity contribution is 7.99. The molecule has 0 spiro atoms. The number of hydrogen-bond acceptors (Lipinski definition) is 3. The van der Waals surface area contributed by atoms with E-state index in [0.717, 1.165) is 55.2 Å². The smallest absolute Gasteiger partial charge is 0.319 e. The van der Waals surface area contributed by atoms with Gasteiger partial charge in [0, 0.05) is 42.2 Å². The largest absolute Gasteiger partial charge is 0.335 e. The minimum Gasteiger partial charge on any atom is -0.335 e. The highest BCUT2D eigenvalue weighted by atomic mass is 35.5. The molecule has 27 heavy (non-hydrogen) atoms. The standard InChI is InChI=1S/C20H29Cl2N3OS/c1-14(2)12-25-9-7-16(8-10-25)23-19(26)24-17-5-3-4-6-18(17)27-13-15-11-20(15,21)22/h3-6,14-16H,7-13H2,1-2H3,(H2,23,24,26). The zero-order chi connectivity index (χ0) is 19.4. The number of alkyl halides is 2. The fourth-order valence-electron chi connectivity index (χ4n) is 3.46. The average Bonchev–Trinajstić information content (AvgIpc) is 3.22. The first-order chi connectivity index (χ1) is 12.8. The van der Waals surface area contributed by atoms with Crippen LogP contribution in [0.5, 0.6) is 0 Å². The number of piperidine rings is 1. The Morgan fingerprint density at radius 1 is 1.30 bits per heavy atom. The second kappa shape index (κ2) is 9.25. The van der Waals surface area contributed by atoms with Gasteiger partial charge in [-0.2, -0.15) is 0 Å². The maximum Gasteiger partial charge on any atom is 0.319 e. The van der Waals surface area contributed by atoms with E-state index >= 15 is 0 Å². The van der Waals surface area contributed by atoms with E-state index in [-0.39, 0.29) is 12.1 Å². The number of benzene rings is 1. The number of halogens is 2. The number of rotatable bonds is 7. The van der Waals surface area contributed by atoms with Gasteiger partial charge in [-0.25, -0.2) is 4.79 Å². The van der Waals surface area contributed by atoms with Crippen molar-refractivity contribution in [2.75, 3.05) is 30.7 Å². The van der Waals surface area contributed by atoms with Crippen molar-refractivity contribution >= 4 is 46.7 Å². The molecule has 2 aliphatic rings. The van der Waals surface area contributed by atoms with Gasteiger partial charge in [-0.15, -0.1) is 35.0 Å². The average molecular weight is 430 g/mol. The van der Waals surface area contributed by atoms with Crippen molar-refractivity contribution in [2.45, 2.75) is 48.4 Å². The van der Waals surface area contributed by atoms with Gasteiger partial charge < -0.3 is 15.5 Å². The Morgan fingerprint density at radius 3 is 2.59 bits per heavy atom. The predicted octanol–water partition coefficient (Wildman–Crippen LogP) is 5.21. The minimum atomic E-state index is -0.558. The molecule has 1 aliphatic heterocycles. The van der Waals surface area contributed by atoms with E-state index in [2.05, 4.69) is 29.4 Å². The number of hydrogen-bond donors (Lipinski definition) is 2. The summed E-state index contributed by atoms with van der Waals surface area (Å²) in [6.07, 6.45) is 2.85. The molecule has 1 aromatic rings. The number of nitrogens with one attached hydrogen (secondary N) is 2. The van der Waals surface area contributed by atoms with Crippen LogP contribution >= 0.6 is 35.0 Å². The number of nitrogens with zero attached hydrogens (tertiary/aromatic N) is 1. The summed E-state index contributed by atoms with van der Waals surface area (Å²) < 4.78 is -0.558. The molecule has 1 saturated heterocycles. The van der Waals surface area contributed by atoms with E-state index in [1.165, 1.54) is 0 Å². The Kier molecular flexibility index (Phi) is 7.23. The molecular weight excluding hydrogens is 401 g/mol. The SMILES string of the molecule is CC(C)CN1CCC(NC(=O)Nc2ccccc2SCC2CC2(Cl)Cl)CC1. The van der Waals surface area contributed by atoms with Gasteiger partial charge in [0.05, 0.1) is 5.69 Å².